The number of ether oxygens (including phenoxy) is 1. The number of nitrogens with zero attached hydrogens (tertiary/aromatic N) is 2. The molecule has 2 N–H and O–H groups in total. The van der Waals surface area contributed by atoms with Gasteiger partial charge >= 0.3 is 17.7 Å². The molecule has 0 radical (unpaired) electrons. The molecule has 4 fully saturated rings. The van der Waals surface area contributed by atoms with Crippen molar-refractivity contribution in [1.82, 2.24) is 15.1 Å². The molecule has 1 aromatic carbocycles. The molecular formula is C41H62F4N3O4PS. The van der Waals surface area contributed by atoms with Gasteiger partial charge in [0.25, 0.3) is 0 Å². The highest BCUT2D eigenvalue weighted by molar-refractivity contribution is 7.95. The molecule has 304 valence electrons. The van der Waals surface area contributed by atoms with Gasteiger partial charge in [-0.3, -0.25) is 0 Å². The number of benzene rings is 1. The van der Waals surface area contributed by atoms with Crippen molar-refractivity contribution in [3.63, 3.8) is 0 Å². The number of rotatable bonds is 12. The number of allylic oxidation sites excluding steroid dienone is 2. The minimum atomic E-state index is -4.19. The lowest BCUT2D eigenvalue weighted by Gasteiger charge is -2.53. The topological polar surface area (TPSA) is 88.1 Å². The second-order valence-electron chi connectivity index (χ2n) is 17.5. The van der Waals surface area contributed by atoms with Crippen LogP contribution in [0, 0.1) is 23.2 Å². The van der Waals surface area contributed by atoms with Crippen LogP contribution in [0.4, 0.5) is 22.4 Å². The molecule has 0 aromatic heterocycles. The fourth-order valence-corrected chi connectivity index (χ4v) is 12.0. The third-order valence-electron chi connectivity index (χ3n) is 14.2. The van der Waals surface area contributed by atoms with Crippen molar-refractivity contribution in [2.24, 2.45) is 23.2 Å². The Morgan fingerprint density at radius 3 is 2.46 bits per heavy atom. The van der Waals surface area contributed by atoms with Crippen molar-refractivity contribution in [3.05, 3.63) is 39.8 Å². The second kappa shape index (κ2) is 17.2. The van der Waals surface area contributed by atoms with Crippen molar-refractivity contribution >= 4 is 26.5 Å². The number of likely N-dealkylation sites (tertiary alicyclic amines) is 2. The summed E-state index contributed by atoms with van der Waals surface area (Å²) in [6.07, 6.45) is 8.28. The maximum atomic E-state index is 13.8. The van der Waals surface area contributed by atoms with E-state index in [1.165, 1.54) is 24.0 Å². The van der Waals surface area contributed by atoms with Crippen molar-refractivity contribution in [2.75, 3.05) is 39.0 Å². The summed E-state index contributed by atoms with van der Waals surface area (Å²) in [6, 6.07) is 6.84. The van der Waals surface area contributed by atoms with Crippen molar-refractivity contribution in [1.29, 1.82) is 0 Å². The summed E-state index contributed by atoms with van der Waals surface area (Å²) < 4.78 is 73.0. The minimum Gasteiger partial charge on any atom is -0.612 e. The summed E-state index contributed by atoms with van der Waals surface area (Å²) >= 11 is -1.54. The fraction of sp³-hybridized carbons (Fsp3) is 0.780. The Kier molecular flexibility index (Phi) is 13.4. The van der Waals surface area contributed by atoms with Crippen molar-refractivity contribution < 1.29 is 36.8 Å². The number of halogens is 4. The number of aliphatic hydroxyl groups excluding tert-OH is 1. The number of hydrogen-bond acceptors (Lipinski definition) is 6. The largest absolute Gasteiger partial charge is 0.612 e. The highest BCUT2D eigenvalue weighted by Gasteiger charge is 2.56. The van der Waals surface area contributed by atoms with Gasteiger partial charge in [0.05, 0.1) is 6.10 Å². The maximum Gasteiger partial charge on any atom is 0.412 e. The quantitative estimate of drug-likeness (QED) is 0.125. The summed E-state index contributed by atoms with van der Waals surface area (Å²) in [6.45, 7) is 10.2. The number of carbonyl (C=O) groups is 1. The van der Waals surface area contributed by atoms with E-state index in [-0.39, 0.29) is 35.7 Å². The molecule has 6 rings (SSSR count). The minimum absolute atomic E-state index is 0.0899. The average molecular weight is 800 g/mol. The van der Waals surface area contributed by atoms with Crippen LogP contribution in [0.5, 0.6) is 5.75 Å². The molecule has 0 spiro atoms. The van der Waals surface area contributed by atoms with Crippen LogP contribution in [0.15, 0.2) is 28.7 Å². The molecular weight excluding hydrogens is 738 g/mol. The maximum absolute atomic E-state index is 13.8. The highest BCUT2D eigenvalue weighted by atomic mass is 32.2. The van der Waals surface area contributed by atoms with E-state index in [1.54, 1.807) is 6.92 Å². The van der Waals surface area contributed by atoms with E-state index in [2.05, 4.69) is 35.2 Å². The first-order valence-electron chi connectivity index (χ1n) is 20.3. The van der Waals surface area contributed by atoms with Crippen LogP contribution in [0.2, 0.25) is 0 Å². The number of carbonyl (C=O) groups excluding carboxylic acids is 1. The van der Waals surface area contributed by atoms with Gasteiger partial charge in [-0.2, -0.15) is 17.6 Å². The first kappa shape index (κ1) is 42.2. The molecule has 8 atom stereocenters. The van der Waals surface area contributed by atoms with Gasteiger partial charge in [0.2, 0.25) is 0 Å². The Balaban J connectivity index is 1.09. The van der Waals surface area contributed by atoms with Gasteiger partial charge in [0.15, 0.2) is 0 Å². The predicted molar refractivity (Wildman–Crippen MR) is 210 cm³/mol. The molecule has 2 saturated heterocycles. The van der Waals surface area contributed by atoms with Crippen molar-refractivity contribution in [3.8, 4) is 5.75 Å². The molecule has 0 bridgehead atoms. The first-order valence-corrected chi connectivity index (χ1v) is 22.2. The number of amides is 1. The zero-order chi connectivity index (χ0) is 39.0. The lowest BCUT2D eigenvalue weighted by Crippen LogP contribution is -2.51. The van der Waals surface area contributed by atoms with E-state index in [1.807, 2.05) is 19.1 Å². The van der Waals surface area contributed by atoms with Gasteiger partial charge in [-0.05, 0) is 173 Å². The highest BCUT2D eigenvalue weighted by Crippen LogP contribution is 2.63. The first-order chi connectivity index (χ1) is 25.5. The molecule has 1 aromatic rings. The van der Waals surface area contributed by atoms with E-state index < -0.39 is 35.3 Å². The number of aliphatic hydroxyl groups is 1. The molecule has 2 unspecified atom stereocenters. The lowest BCUT2D eigenvalue weighted by molar-refractivity contribution is -0.156. The van der Waals surface area contributed by atoms with Gasteiger partial charge < -0.3 is 29.5 Å². The van der Waals surface area contributed by atoms with E-state index in [9.17, 15) is 32.0 Å². The fourth-order valence-electron chi connectivity index (χ4n) is 10.7. The van der Waals surface area contributed by atoms with Crippen LogP contribution in [0.25, 0.3) is 0 Å². The lowest BCUT2D eigenvalue weighted by atomic mass is 9.52. The van der Waals surface area contributed by atoms with Crippen LogP contribution in [0.1, 0.15) is 115 Å². The van der Waals surface area contributed by atoms with Crippen LogP contribution >= 0.6 is 9.24 Å². The Morgan fingerprint density at radius 2 is 1.78 bits per heavy atom. The number of piperidine rings is 2. The molecule has 54 heavy (non-hydrogen) atoms. The summed E-state index contributed by atoms with van der Waals surface area (Å²) in [4.78, 5) is 18.7. The molecule has 2 heterocycles. The summed E-state index contributed by atoms with van der Waals surface area (Å²) in [5.41, 5.74) is -0.881. The number of nitrogens with one attached hydrogen (secondary N) is 1. The molecule has 1 amide bonds. The third-order valence-corrected chi connectivity index (χ3v) is 16.3. The number of alkyl halides is 4. The Bertz CT molecular complexity index is 1500. The van der Waals surface area contributed by atoms with E-state index in [0.717, 1.165) is 92.4 Å². The van der Waals surface area contributed by atoms with Crippen LogP contribution < -0.4 is 10.1 Å². The monoisotopic (exact) mass is 799 g/mol. The number of fused-ring (bicyclic) bond motifs is 5. The smallest absolute Gasteiger partial charge is 0.412 e. The molecule has 2 aliphatic heterocycles. The van der Waals surface area contributed by atoms with Crippen LogP contribution in [0.3, 0.4) is 0 Å². The molecule has 3 aliphatic carbocycles. The van der Waals surface area contributed by atoms with E-state index >= 15 is 0 Å². The summed E-state index contributed by atoms with van der Waals surface area (Å²) in [5, 5.41) is 14.2. The predicted octanol–water partition coefficient (Wildman–Crippen LogP) is 8.48. The van der Waals surface area contributed by atoms with Gasteiger partial charge in [-0.1, -0.05) is 22.2 Å². The zero-order valence-electron chi connectivity index (χ0n) is 32.6. The van der Waals surface area contributed by atoms with Gasteiger partial charge in [-0.15, -0.1) is 0 Å². The Morgan fingerprint density at radius 1 is 1.07 bits per heavy atom. The SMILES string of the molecule is C/C(CC[C@@H]1Cc2cc(OC(=O)NC3CCN(C4CCN(C)CC4)CC3)ccc2[C@H]2CC[C@]3(C)[C@@H](O)CC[C@H]3[C@H]12)=C(\C)[S+]([O-])CCCC(F)(F)C(F)(F)P. The van der Waals surface area contributed by atoms with Gasteiger partial charge in [0, 0.05) is 38.5 Å². The standard InChI is InChI=1S/C41H62F4N3O4PS/c1-26(27(2)54(51)23-5-17-40(42,43)41(44,45)53)6-7-28-24-29-25-32(8-9-33(29)34-12-18-39(3)35(37(28)34)10-11-36(39)49)52-38(50)46-30-13-21-48(22-14-30)31-15-19-47(4)20-16-31/h8-9,25,28,30-31,34-37,49H,5-7,10-24,53H2,1-4H3,(H,46,50)/b27-26-/t28-,34-,35+,36+,37-,39+,54?/m1/s1. The summed E-state index contributed by atoms with van der Waals surface area (Å²) in [7, 11) is 3.09. The van der Waals surface area contributed by atoms with Gasteiger partial charge in [-0.25, -0.2) is 4.79 Å². The zero-order valence-corrected chi connectivity index (χ0v) is 34.5. The van der Waals surface area contributed by atoms with Gasteiger partial charge in [0.1, 0.15) is 16.4 Å². The number of hydrogen-bond donors (Lipinski definition) is 2. The Hall–Kier alpha value is -1.43. The average Bonchev–Trinajstić information content (AvgIpc) is 3.43. The molecule has 13 heteroatoms. The molecule has 2 saturated carbocycles. The van der Waals surface area contributed by atoms with Crippen molar-refractivity contribution in [2.45, 2.75) is 140 Å². The molecule has 7 nitrogen and oxygen atoms in total. The van der Waals surface area contributed by atoms with E-state index in [0.29, 0.717) is 40.9 Å². The second-order valence-corrected chi connectivity index (χ2v) is 19.9. The normalized spacial score (nSPS) is 31.3. The van der Waals surface area contributed by atoms with Crippen LogP contribution in [-0.2, 0) is 17.6 Å². The van der Waals surface area contributed by atoms with Crippen LogP contribution in [-0.4, -0.2) is 94.3 Å². The summed E-state index contributed by atoms with van der Waals surface area (Å²) in [5.74, 6) is -2.34. The Labute approximate surface area is 325 Å². The van der Waals surface area contributed by atoms with E-state index in [4.69, 9.17) is 4.74 Å². The molecule has 5 aliphatic rings. The third kappa shape index (κ3) is 9.30.